The first-order chi connectivity index (χ1) is 10.5. The minimum atomic E-state index is -0.480. The highest BCUT2D eigenvalue weighted by Gasteiger charge is 2.08. The lowest BCUT2D eigenvalue weighted by molar-refractivity contribution is -0.380. The molecule has 0 spiro atoms. The van der Waals surface area contributed by atoms with Crippen molar-refractivity contribution in [1.82, 2.24) is 5.43 Å². The third kappa shape index (κ3) is 4.93. The Morgan fingerprint density at radius 3 is 2.73 bits per heavy atom. The van der Waals surface area contributed by atoms with Gasteiger partial charge in [-0.2, -0.15) is 5.10 Å². The number of rotatable bonds is 6. The van der Waals surface area contributed by atoms with E-state index >= 15 is 0 Å². The van der Waals surface area contributed by atoms with Gasteiger partial charge in [0.2, 0.25) is 0 Å². The third-order valence-electron chi connectivity index (χ3n) is 2.36. The van der Waals surface area contributed by atoms with Gasteiger partial charge < -0.3 is 4.74 Å². The maximum absolute atomic E-state index is 11.5. The van der Waals surface area contributed by atoms with Crippen LogP contribution in [0.2, 0.25) is 0 Å². The van der Waals surface area contributed by atoms with Crippen LogP contribution in [0.25, 0.3) is 0 Å². The van der Waals surface area contributed by atoms with Gasteiger partial charge in [0.05, 0.1) is 16.0 Å². The van der Waals surface area contributed by atoms with Crippen molar-refractivity contribution < 1.29 is 14.5 Å². The van der Waals surface area contributed by atoms with Crippen molar-refractivity contribution in [3.8, 4) is 5.75 Å². The average Bonchev–Trinajstić information content (AvgIpc) is 2.96. The summed E-state index contributed by atoms with van der Waals surface area (Å²) in [5.74, 6) is 0.140. The summed E-state index contributed by atoms with van der Waals surface area (Å²) < 4.78 is 6.18. The van der Waals surface area contributed by atoms with Crippen molar-refractivity contribution in [2.75, 3.05) is 6.61 Å². The van der Waals surface area contributed by atoms with Crippen LogP contribution in [0.1, 0.15) is 4.88 Å². The molecule has 0 aliphatic heterocycles. The number of halogens is 1. The molecule has 0 saturated heterocycles. The minimum Gasteiger partial charge on any atom is -0.484 e. The van der Waals surface area contributed by atoms with E-state index in [1.165, 1.54) is 12.3 Å². The molecule has 114 valence electrons. The van der Waals surface area contributed by atoms with E-state index in [0.29, 0.717) is 10.6 Å². The molecule has 0 unspecified atom stereocenters. The van der Waals surface area contributed by atoms with Crippen LogP contribution in [0.4, 0.5) is 5.00 Å². The van der Waals surface area contributed by atoms with Crippen LogP contribution in [0.3, 0.4) is 0 Å². The van der Waals surface area contributed by atoms with E-state index in [-0.39, 0.29) is 11.6 Å². The molecule has 0 fully saturated rings. The summed E-state index contributed by atoms with van der Waals surface area (Å²) in [4.78, 5) is 22.1. The van der Waals surface area contributed by atoms with E-state index in [0.717, 1.165) is 15.8 Å². The van der Waals surface area contributed by atoms with Gasteiger partial charge in [0.1, 0.15) is 5.75 Å². The zero-order chi connectivity index (χ0) is 15.9. The predicted molar refractivity (Wildman–Crippen MR) is 86.3 cm³/mol. The molecule has 0 atom stereocenters. The molecular weight excluding hydrogens is 374 g/mol. The molecule has 1 aromatic heterocycles. The lowest BCUT2D eigenvalue weighted by atomic mass is 10.3. The van der Waals surface area contributed by atoms with Crippen LogP contribution in [0.5, 0.6) is 5.75 Å². The maximum Gasteiger partial charge on any atom is 0.324 e. The smallest absolute Gasteiger partial charge is 0.324 e. The number of nitro groups is 1. The molecule has 7 nitrogen and oxygen atoms in total. The fourth-order valence-corrected chi connectivity index (χ4v) is 2.35. The fourth-order valence-electron chi connectivity index (χ4n) is 1.39. The number of hydrazone groups is 1. The summed E-state index contributed by atoms with van der Waals surface area (Å²) >= 11 is 4.27. The summed E-state index contributed by atoms with van der Waals surface area (Å²) in [5.41, 5.74) is 2.28. The molecule has 1 heterocycles. The number of benzene rings is 1. The molecule has 0 aliphatic carbocycles. The third-order valence-corrected chi connectivity index (χ3v) is 3.86. The predicted octanol–water partition coefficient (Wildman–Crippen LogP) is 2.95. The van der Waals surface area contributed by atoms with Crippen molar-refractivity contribution in [2.24, 2.45) is 5.10 Å². The highest BCUT2D eigenvalue weighted by atomic mass is 79.9. The second-order valence-corrected chi connectivity index (χ2v) is 5.98. The average molecular weight is 384 g/mol. The summed E-state index contributed by atoms with van der Waals surface area (Å²) in [7, 11) is 0. The van der Waals surface area contributed by atoms with Crippen molar-refractivity contribution in [3.05, 3.63) is 55.9 Å². The van der Waals surface area contributed by atoms with Crippen LogP contribution < -0.4 is 10.2 Å². The van der Waals surface area contributed by atoms with Gasteiger partial charge in [0.15, 0.2) is 6.61 Å². The topological polar surface area (TPSA) is 93.8 Å². The Balaban J connectivity index is 1.78. The van der Waals surface area contributed by atoms with Gasteiger partial charge in [-0.1, -0.05) is 27.3 Å². The maximum atomic E-state index is 11.5. The molecule has 9 heteroatoms. The fraction of sp³-hybridized carbons (Fsp3) is 0.0769. The van der Waals surface area contributed by atoms with E-state index < -0.39 is 10.8 Å². The van der Waals surface area contributed by atoms with Crippen LogP contribution in [0, 0.1) is 10.1 Å². The number of thiophene rings is 1. The number of carbonyl (C=O) groups is 1. The number of nitrogens with one attached hydrogen (secondary N) is 1. The molecule has 2 aromatic rings. The largest absolute Gasteiger partial charge is 0.484 e. The number of ether oxygens (including phenoxy) is 1. The molecule has 2 rings (SSSR count). The second-order valence-electron chi connectivity index (χ2n) is 3.97. The Labute approximate surface area is 137 Å². The number of amides is 1. The lowest BCUT2D eigenvalue weighted by Gasteiger charge is -2.04. The number of carbonyl (C=O) groups excluding carboxylic acids is 1. The first kappa shape index (κ1) is 16.1. The van der Waals surface area contributed by atoms with Gasteiger partial charge in [-0.15, -0.1) is 0 Å². The summed E-state index contributed by atoms with van der Waals surface area (Å²) in [6.07, 6.45) is 1.34. The van der Waals surface area contributed by atoms with Gasteiger partial charge in [-0.3, -0.25) is 14.9 Å². The summed E-state index contributed by atoms with van der Waals surface area (Å²) in [6, 6.07) is 9.99. The van der Waals surface area contributed by atoms with Crippen LogP contribution >= 0.6 is 27.3 Å². The van der Waals surface area contributed by atoms with Gasteiger partial charge in [0, 0.05) is 10.5 Å². The molecule has 0 saturated carbocycles. The van der Waals surface area contributed by atoms with Gasteiger partial charge in [-0.25, -0.2) is 5.43 Å². The number of hydrogen-bond donors (Lipinski definition) is 1. The highest BCUT2D eigenvalue weighted by molar-refractivity contribution is 9.10. The minimum absolute atomic E-state index is 0.0198. The zero-order valence-electron chi connectivity index (χ0n) is 11.1. The first-order valence-electron chi connectivity index (χ1n) is 5.99. The van der Waals surface area contributed by atoms with Crippen LogP contribution in [0.15, 0.2) is 46.0 Å². The Morgan fingerprint density at radius 2 is 2.09 bits per heavy atom. The Morgan fingerprint density at radius 1 is 1.36 bits per heavy atom. The molecule has 0 aliphatic rings. The number of hydrogen-bond acceptors (Lipinski definition) is 6. The second kappa shape index (κ2) is 7.66. The van der Waals surface area contributed by atoms with Crippen molar-refractivity contribution in [3.63, 3.8) is 0 Å². The van der Waals surface area contributed by atoms with Crippen molar-refractivity contribution >= 4 is 44.4 Å². The van der Waals surface area contributed by atoms with E-state index in [9.17, 15) is 14.9 Å². The highest BCUT2D eigenvalue weighted by Crippen LogP contribution is 2.22. The lowest BCUT2D eigenvalue weighted by Crippen LogP contribution is -2.24. The molecular formula is C13H10BrN3O4S. The summed E-state index contributed by atoms with van der Waals surface area (Å²) in [6.45, 7) is -0.177. The molecule has 0 radical (unpaired) electrons. The normalized spacial score (nSPS) is 10.6. The summed E-state index contributed by atoms with van der Waals surface area (Å²) in [5, 5.41) is 14.3. The van der Waals surface area contributed by atoms with Gasteiger partial charge >= 0.3 is 5.00 Å². The van der Waals surface area contributed by atoms with Gasteiger partial charge in [0.25, 0.3) is 5.91 Å². The van der Waals surface area contributed by atoms with Crippen molar-refractivity contribution in [2.45, 2.75) is 0 Å². The Hall–Kier alpha value is -2.26. The SMILES string of the molecule is O=C(COc1ccc(Br)cc1)N/N=C/c1ccc([N+](=O)[O-])s1. The first-order valence-corrected chi connectivity index (χ1v) is 7.60. The van der Waals surface area contributed by atoms with E-state index in [4.69, 9.17) is 4.74 Å². The molecule has 22 heavy (non-hydrogen) atoms. The standard InChI is InChI=1S/C13H10BrN3O4S/c14-9-1-3-10(4-2-9)21-8-12(18)16-15-7-11-5-6-13(22-11)17(19)20/h1-7H,8H2,(H,16,18)/b15-7+. The molecule has 1 amide bonds. The Kier molecular flexibility index (Phi) is 5.61. The zero-order valence-corrected chi connectivity index (χ0v) is 13.5. The van der Waals surface area contributed by atoms with E-state index in [1.807, 2.05) is 0 Å². The molecule has 0 bridgehead atoms. The Bertz CT molecular complexity index is 700. The van der Waals surface area contributed by atoms with Gasteiger partial charge in [-0.05, 0) is 30.3 Å². The number of nitrogens with zero attached hydrogens (tertiary/aromatic N) is 2. The molecule has 1 N–H and O–H groups in total. The van der Waals surface area contributed by atoms with Crippen LogP contribution in [-0.2, 0) is 4.79 Å². The van der Waals surface area contributed by atoms with E-state index in [1.54, 1.807) is 30.3 Å². The van der Waals surface area contributed by atoms with E-state index in [2.05, 4.69) is 26.5 Å². The van der Waals surface area contributed by atoms with Crippen LogP contribution in [-0.4, -0.2) is 23.7 Å². The molecule has 1 aromatic carbocycles. The monoisotopic (exact) mass is 383 g/mol. The quantitative estimate of drug-likeness (QED) is 0.471. The van der Waals surface area contributed by atoms with Crippen molar-refractivity contribution in [1.29, 1.82) is 0 Å².